The molecule has 6 rings (SSSR count). The largest absolute Gasteiger partial charge is 0.456 e. The van der Waals surface area contributed by atoms with Crippen molar-refractivity contribution in [1.82, 2.24) is 9.80 Å². The highest BCUT2D eigenvalue weighted by molar-refractivity contribution is 8.78. The summed E-state index contributed by atoms with van der Waals surface area (Å²) in [7, 11) is 3.67. The van der Waals surface area contributed by atoms with Crippen LogP contribution in [0.15, 0.2) is 0 Å². The summed E-state index contributed by atoms with van der Waals surface area (Å²) in [5, 5.41) is 22.1. The van der Waals surface area contributed by atoms with E-state index in [1.54, 1.807) is 20.8 Å². The third kappa shape index (κ3) is 2.16. The summed E-state index contributed by atoms with van der Waals surface area (Å²) in [4.78, 5) is 52.4. The third-order valence-corrected chi connectivity index (χ3v) is 11.7. The number of rotatable bonds is 2. The van der Waals surface area contributed by atoms with Crippen LogP contribution in [-0.4, -0.2) is 96.4 Å². The second-order valence-electron chi connectivity index (χ2n) is 10.0. The predicted molar refractivity (Wildman–Crippen MR) is 113 cm³/mol. The van der Waals surface area contributed by atoms with Gasteiger partial charge >= 0.3 is 5.97 Å². The molecular formula is C20H26N2O8S2. The molecule has 2 amide bonds. The predicted octanol–water partition coefficient (Wildman–Crippen LogP) is -0.341. The van der Waals surface area contributed by atoms with Gasteiger partial charge in [-0.25, -0.2) is 0 Å². The van der Waals surface area contributed by atoms with Crippen molar-refractivity contribution in [3.05, 3.63) is 0 Å². The zero-order valence-electron chi connectivity index (χ0n) is 18.4. The Kier molecular flexibility index (Phi) is 4.35. The number of nitrogens with zero attached hydrogens (tertiary/aromatic N) is 2. The summed E-state index contributed by atoms with van der Waals surface area (Å²) in [6, 6.07) is -0.999. The van der Waals surface area contributed by atoms with Crippen molar-refractivity contribution >= 4 is 45.2 Å². The Balaban J connectivity index is 1.67. The van der Waals surface area contributed by atoms with Gasteiger partial charge in [0.2, 0.25) is 4.87 Å². The normalized spacial score (nSPS) is 48.6. The van der Waals surface area contributed by atoms with Gasteiger partial charge in [0.25, 0.3) is 11.8 Å². The Morgan fingerprint density at radius 1 is 1.25 bits per heavy atom. The van der Waals surface area contributed by atoms with E-state index in [-0.39, 0.29) is 18.6 Å². The van der Waals surface area contributed by atoms with Crippen LogP contribution in [0.5, 0.6) is 0 Å². The highest BCUT2D eigenvalue weighted by atomic mass is 33.1. The SMILES string of the molecule is CC(=O)O[C@H]1[C@]2(O)C[C@]34SS[C@](CO)(C(=O)N3[C@@H]2C[C@@]12O[C@@H](C)C(C)(C)C2=O)N(C)C4=O. The van der Waals surface area contributed by atoms with Crippen molar-refractivity contribution in [3.63, 3.8) is 0 Å². The number of ether oxygens (including phenoxy) is 2. The highest BCUT2D eigenvalue weighted by Crippen LogP contribution is 2.69. The molecular weight excluding hydrogens is 460 g/mol. The highest BCUT2D eigenvalue weighted by Gasteiger charge is 2.84. The lowest BCUT2D eigenvalue weighted by molar-refractivity contribution is -0.189. The molecule has 0 aromatic carbocycles. The van der Waals surface area contributed by atoms with Crippen LogP contribution in [0.2, 0.25) is 0 Å². The van der Waals surface area contributed by atoms with Crippen LogP contribution in [0.4, 0.5) is 0 Å². The first-order valence-electron chi connectivity index (χ1n) is 10.5. The number of aliphatic hydroxyl groups excluding tert-OH is 1. The number of aliphatic hydroxyl groups is 2. The van der Waals surface area contributed by atoms with Crippen LogP contribution in [0, 0.1) is 5.41 Å². The van der Waals surface area contributed by atoms with Gasteiger partial charge in [0.1, 0.15) is 5.60 Å². The second kappa shape index (κ2) is 6.21. The molecule has 6 fully saturated rings. The number of esters is 1. The Hall–Kier alpha value is -1.34. The number of hydrogen-bond acceptors (Lipinski definition) is 10. The standard InChI is InChI=1S/C20H26N2O8S2/c1-9-16(3,4)12(25)18(30-9)6-11-17(28,13(18)29-10(2)24)7-19-14(26)21(5)20(8-23,32-31-19)15(27)22(11)19/h9,11,13,23,28H,6-8H2,1-5H3/t9-,11+,13-,17-,18-,19+,20+/m0/s1. The molecule has 1 saturated carbocycles. The lowest BCUT2D eigenvalue weighted by Gasteiger charge is -2.58. The van der Waals surface area contributed by atoms with E-state index in [1.807, 2.05) is 0 Å². The molecule has 5 aliphatic heterocycles. The van der Waals surface area contributed by atoms with Gasteiger partial charge < -0.3 is 29.5 Å². The topological polar surface area (TPSA) is 134 Å². The van der Waals surface area contributed by atoms with Crippen molar-refractivity contribution in [3.8, 4) is 0 Å². The molecule has 12 heteroatoms. The van der Waals surface area contributed by atoms with Gasteiger partial charge in [0, 0.05) is 26.8 Å². The zero-order chi connectivity index (χ0) is 23.6. The van der Waals surface area contributed by atoms with Gasteiger partial charge in [0.15, 0.2) is 22.4 Å². The smallest absolute Gasteiger partial charge is 0.303 e. The van der Waals surface area contributed by atoms with E-state index in [0.29, 0.717) is 0 Å². The Morgan fingerprint density at radius 3 is 2.44 bits per heavy atom. The van der Waals surface area contributed by atoms with E-state index in [4.69, 9.17) is 9.47 Å². The molecule has 10 nitrogen and oxygen atoms in total. The van der Waals surface area contributed by atoms with Crippen molar-refractivity contribution in [2.75, 3.05) is 13.7 Å². The molecule has 6 aliphatic rings. The number of Topliss-reactive ketones (excluding diaryl/α,β-unsaturated/α-hetero) is 1. The van der Waals surface area contributed by atoms with Crippen LogP contribution in [0.1, 0.15) is 40.5 Å². The Bertz CT molecular complexity index is 975. The summed E-state index contributed by atoms with van der Waals surface area (Å²) in [5.41, 5.74) is -4.41. The van der Waals surface area contributed by atoms with E-state index in [0.717, 1.165) is 21.6 Å². The molecule has 7 atom stereocenters. The number of ketones is 1. The maximum atomic E-state index is 13.7. The molecule has 176 valence electrons. The second-order valence-corrected chi connectivity index (χ2v) is 12.7. The minimum Gasteiger partial charge on any atom is -0.456 e. The molecule has 2 spiro atoms. The van der Waals surface area contributed by atoms with Gasteiger partial charge in [-0.1, -0.05) is 24.6 Å². The van der Waals surface area contributed by atoms with Crippen molar-refractivity contribution in [2.24, 2.45) is 5.41 Å². The Morgan fingerprint density at radius 2 is 1.91 bits per heavy atom. The average molecular weight is 487 g/mol. The third-order valence-electron chi connectivity index (χ3n) is 8.10. The number of fused-ring (bicyclic) bond motifs is 3. The van der Waals surface area contributed by atoms with E-state index in [9.17, 15) is 29.4 Å². The first-order chi connectivity index (χ1) is 14.7. The maximum absolute atomic E-state index is 13.7. The Labute approximate surface area is 192 Å². The van der Waals surface area contributed by atoms with Crippen molar-refractivity contribution in [2.45, 2.75) is 79.7 Å². The molecule has 32 heavy (non-hydrogen) atoms. The van der Waals surface area contributed by atoms with Gasteiger partial charge in [-0.05, 0) is 17.7 Å². The number of hydrogen-bond donors (Lipinski definition) is 2. The van der Waals surface area contributed by atoms with Gasteiger partial charge in [-0.15, -0.1) is 0 Å². The zero-order valence-corrected chi connectivity index (χ0v) is 20.0. The van der Waals surface area contributed by atoms with Crippen molar-refractivity contribution < 1.29 is 38.9 Å². The van der Waals surface area contributed by atoms with Crippen molar-refractivity contribution in [1.29, 1.82) is 0 Å². The van der Waals surface area contributed by atoms with Crippen LogP contribution in [0.3, 0.4) is 0 Å². The molecule has 1 aliphatic carbocycles. The lowest BCUT2D eigenvalue weighted by Crippen LogP contribution is -2.77. The summed E-state index contributed by atoms with van der Waals surface area (Å²) in [6.45, 7) is 5.80. The fourth-order valence-corrected chi connectivity index (χ4v) is 9.75. The molecule has 2 N–H and O–H groups in total. The van der Waals surface area contributed by atoms with Gasteiger partial charge in [0.05, 0.1) is 24.2 Å². The lowest BCUT2D eigenvalue weighted by atomic mass is 9.76. The maximum Gasteiger partial charge on any atom is 0.303 e. The van der Waals surface area contributed by atoms with Crippen LogP contribution in [0.25, 0.3) is 0 Å². The molecule has 5 heterocycles. The first kappa shape index (κ1) is 22.5. The number of likely N-dealkylation sites (N-methyl/N-ethyl adjacent to an activating group) is 1. The number of piperazine rings is 1. The van der Waals surface area contributed by atoms with Gasteiger partial charge in [-0.3, -0.25) is 19.2 Å². The van der Waals surface area contributed by atoms with E-state index in [1.165, 1.54) is 23.8 Å². The molecule has 0 aromatic heterocycles. The fourth-order valence-electron chi connectivity index (χ4n) is 6.10. The number of carbonyl (C=O) groups is 4. The van der Waals surface area contributed by atoms with Crippen LogP contribution in [-0.2, 0) is 28.7 Å². The molecule has 0 unspecified atom stereocenters. The van der Waals surface area contributed by atoms with Gasteiger partial charge in [-0.2, -0.15) is 0 Å². The first-order valence-corrected chi connectivity index (χ1v) is 12.6. The summed E-state index contributed by atoms with van der Waals surface area (Å²) < 4.78 is 11.7. The minimum absolute atomic E-state index is 0.106. The van der Waals surface area contributed by atoms with Crippen LogP contribution >= 0.6 is 21.6 Å². The monoisotopic (exact) mass is 486 g/mol. The minimum atomic E-state index is -1.88. The molecule has 5 saturated heterocycles. The summed E-state index contributed by atoms with van der Waals surface area (Å²) in [5.74, 6) is -1.94. The summed E-state index contributed by atoms with van der Waals surface area (Å²) >= 11 is 0. The van der Waals surface area contributed by atoms with Crippen LogP contribution < -0.4 is 0 Å². The quantitative estimate of drug-likeness (QED) is 0.394. The van der Waals surface area contributed by atoms with E-state index >= 15 is 0 Å². The number of amides is 2. The molecule has 0 aromatic rings. The van der Waals surface area contributed by atoms with E-state index < -0.39 is 69.0 Å². The average Bonchev–Trinajstić information content (AvgIpc) is 3.17. The fraction of sp³-hybridized carbons (Fsp3) is 0.800. The summed E-state index contributed by atoms with van der Waals surface area (Å²) in [6.07, 6.45) is -2.22. The van der Waals surface area contributed by atoms with E-state index in [2.05, 4.69) is 0 Å². The molecule has 2 bridgehead atoms. The number of carbonyl (C=O) groups excluding carboxylic acids is 4. The molecule has 0 radical (unpaired) electrons.